The summed E-state index contributed by atoms with van der Waals surface area (Å²) in [6.45, 7) is 7.97. The molecule has 0 aliphatic carbocycles. The number of H-pyrrole nitrogens is 1. The lowest BCUT2D eigenvalue weighted by atomic mass is 10.0. The molecule has 7 rings (SSSR count). The van der Waals surface area contributed by atoms with Gasteiger partial charge in [-0.3, -0.25) is 23.7 Å². The maximum Gasteiger partial charge on any atom is 0.254 e. The Hall–Kier alpha value is -5.12. The van der Waals surface area contributed by atoms with Crippen LogP contribution in [0, 0.1) is 13.8 Å². The summed E-state index contributed by atoms with van der Waals surface area (Å²) in [5.74, 6) is 0.585. The maximum absolute atomic E-state index is 12.2. The second-order valence-corrected chi connectivity index (χ2v) is 11.1. The number of fused-ring (bicyclic) bond motifs is 4. The first-order chi connectivity index (χ1) is 20.5. The zero-order chi connectivity index (χ0) is 30.9. The maximum atomic E-state index is 12.2. The van der Waals surface area contributed by atoms with Crippen molar-refractivity contribution >= 4 is 43.6 Å². The van der Waals surface area contributed by atoms with E-state index in [0.29, 0.717) is 23.2 Å². The van der Waals surface area contributed by atoms with E-state index in [1.807, 2.05) is 33.8 Å². The Kier molecular flexibility index (Phi) is 6.52. The van der Waals surface area contributed by atoms with Gasteiger partial charge < -0.3 is 24.0 Å². The van der Waals surface area contributed by atoms with Crippen molar-refractivity contribution < 1.29 is 9.84 Å². The monoisotopic (exact) mass is 580 g/mol. The van der Waals surface area contributed by atoms with Crippen molar-refractivity contribution in [1.29, 1.82) is 0 Å². The average Bonchev–Trinajstić information content (AvgIpc) is 3.42. The van der Waals surface area contributed by atoms with Crippen LogP contribution in [-0.4, -0.2) is 23.8 Å². The molecule has 2 aromatic carbocycles. The topological polar surface area (TPSA) is 128 Å². The third-order valence-corrected chi connectivity index (χ3v) is 8.54. The average molecular weight is 581 g/mol. The second-order valence-electron chi connectivity index (χ2n) is 11.1. The number of aryl methyl sites for hydroxylation is 6. The third kappa shape index (κ3) is 4.16. The number of ether oxygens (including phenoxy) is 1. The van der Waals surface area contributed by atoms with E-state index in [4.69, 9.17) is 4.74 Å². The minimum atomic E-state index is -0.272. The van der Waals surface area contributed by atoms with Gasteiger partial charge in [-0.25, -0.2) is 0 Å². The zero-order valence-corrected chi connectivity index (χ0v) is 24.9. The Labute approximate surface area is 245 Å². The fraction of sp³-hybridized carbons (Fsp3) is 0.273. The molecule has 0 bridgehead atoms. The molecule has 5 heterocycles. The molecule has 0 unspecified atom stereocenters. The van der Waals surface area contributed by atoms with E-state index in [1.54, 1.807) is 41.4 Å². The van der Waals surface area contributed by atoms with Crippen LogP contribution >= 0.6 is 0 Å². The molecule has 43 heavy (non-hydrogen) atoms. The van der Waals surface area contributed by atoms with E-state index in [0.717, 1.165) is 61.3 Å². The number of phenolic OH excluding ortho intramolecular Hbond substituents is 1. The van der Waals surface area contributed by atoms with Crippen LogP contribution in [0.2, 0.25) is 0 Å². The summed E-state index contributed by atoms with van der Waals surface area (Å²) in [6.07, 6.45) is 1.47. The van der Waals surface area contributed by atoms with E-state index in [2.05, 4.69) is 11.1 Å². The van der Waals surface area contributed by atoms with Crippen LogP contribution in [0.4, 0.5) is 0 Å². The first kappa shape index (κ1) is 28.0. The van der Waals surface area contributed by atoms with Crippen molar-refractivity contribution in [2.75, 3.05) is 0 Å². The molecule has 2 N–H and O–H groups in total. The first-order valence-corrected chi connectivity index (χ1v) is 14.2. The van der Waals surface area contributed by atoms with Crippen molar-refractivity contribution in [3.8, 4) is 11.5 Å². The third-order valence-electron chi connectivity index (χ3n) is 8.54. The summed E-state index contributed by atoms with van der Waals surface area (Å²) in [7, 11) is 3.36. The van der Waals surface area contributed by atoms with E-state index in [-0.39, 0.29) is 34.7 Å². The van der Waals surface area contributed by atoms with Crippen molar-refractivity contribution in [3.63, 3.8) is 0 Å². The van der Waals surface area contributed by atoms with Crippen molar-refractivity contribution in [2.24, 2.45) is 14.1 Å². The van der Waals surface area contributed by atoms with Gasteiger partial charge in [-0.05, 0) is 61.1 Å². The highest BCUT2D eigenvalue weighted by Crippen LogP contribution is 2.39. The number of aromatic amines is 1. The number of pyridine rings is 4. The molecule has 0 radical (unpaired) electrons. The highest BCUT2D eigenvalue weighted by molar-refractivity contribution is 6.05. The van der Waals surface area contributed by atoms with Crippen LogP contribution < -0.4 is 27.0 Å². The van der Waals surface area contributed by atoms with Gasteiger partial charge in [0.15, 0.2) is 18.2 Å². The van der Waals surface area contributed by atoms with Crippen LogP contribution in [0.5, 0.6) is 11.5 Å². The van der Waals surface area contributed by atoms with E-state index < -0.39 is 0 Å². The lowest BCUT2D eigenvalue weighted by Gasteiger charge is -2.13. The van der Waals surface area contributed by atoms with Crippen LogP contribution in [0.3, 0.4) is 0 Å². The number of nitrogens with zero attached hydrogens (tertiary/aromatic N) is 3. The summed E-state index contributed by atoms with van der Waals surface area (Å²) >= 11 is 0. The molecule has 0 saturated carbocycles. The van der Waals surface area contributed by atoms with Crippen molar-refractivity contribution in [3.05, 3.63) is 100 Å². The first-order valence-electron chi connectivity index (χ1n) is 14.2. The van der Waals surface area contributed by atoms with Crippen molar-refractivity contribution in [1.82, 2.24) is 18.7 Å². The minimum absolute atomic E-state index is 0.0572. The Balaban J connectivity index is 0.000000153. The smallest absolute Gasteiger partial charge is 0.254 e. The number of rotatable bonds is 2. The second kappa shape index (κ2) is 10.0. The van der Waals surface area contributed by atoms with Gasteiger partial charge in [-0.1, -0.05) is 13.8 Å². The molecule has 0 spiro atoms. The number of phenols is 1. The molecule has 4 aromatic heterocycles. The highest BCUT2D eigenvalue weighted by Gasteiger charge is 2.24. The lowest BCUT2D eigenvalue weighted by Crippen LogP contribution is -2.18. The van der Waals surface area contributed by atoms with Gasteiger partial charge in [0.1, 0.15) is 0 Å². The van der Waals surface area contributed by atoms with Gasteiger partial charge in [0.05, 0.1) is 22.1 Å². The summed E-state index contributed by atoms with van der Waals surface area (Å²) in [4.78, 5) is 50.7. The molecular formula is C33H32N4O6. The SMILES string of the molecule is CCc1cc(=O)n(C)c2c(O)c3[nH]c(=O)cc(C)c3cc12.CCc1cc(=O)n(C)c2c3c4c(cc12)c(C)cc(=O)n4CO3. The van der Waals surface area contributed by atoms with E-state index in [9.17, 15) is 24.3 Å². The van der Waals surface area contributed by atoms with Gasteiger partial charge in [0, 0.05) is 59.9 Å². The van der Waals surface area contributed by atoms with Gasteiger partial charge in [-0.2, -0.15) is 0 Å². The Bertz CT molecular complexity index is 2410. The fourth-order valence-electron chi connectivity index (χ4n) is 6.20. The Morgan fingerprint density at radius 1 is 0.721 bits per heavy atom. The van der Waals surface area contributed by atoms with Crippen LogP contribution in [0.15, 0.2) is 55.6 Å². The predicted molar refractivity (Wildman–Crippen MR) is 169 cm³/mol. The molecule has 0 saturated heterocycles. The molecule has 0 atom stereocenters. The molecule has 6 aromatic rings. The van der Waals surface area contributed by atoms with Crippen LogP contribution in [-0.2, 0) is 33.7 Å². The number of hydrogen-bond acceptors (Lipinski definition) is 6. The molecular weight excluding hydrogens is 548 g/mol. The summed E-state index contributed by atoms with van der Waals surface area (Å²) < 4.78 is 10.4. The Morgan fingerprint density at radius 3 is 1.91 bits per heavy atom. The molecule has 220 valence electrons. The molecule has 0 amide bonds. The lowest BCUT2D eigenvalue weighted by molar-refractivity contribution is 0.268. The number of aromatic nitrogens is 4. The minimum Gasteiger partial charge on any atom is -0.504 e. The largest absolute Gasteiger partial charge is 0.504 e. The molecule has 1 aliphatic heterocycles. The highest BCUT2D eigenvalue weighted by atomic mass is 16.5. The van der Waals surface area contributed by atoms with Crippen LogP contribution in [0.1, 0.15) is 36.1 Å². The normalized spacial score (nSPS) is 12.2. The predicted octanol–water partition coefficient (Wildman–Crippen LogP) is 4.03. The summed E-state index contributed by atoms with van der Waals surface area (Å²) in [6, 6.07) is 10.4. The molecule has 10 nitrogen and oxygen atoms in total. The van der Waals surface area contributed by atoms with Crippen LogP contribution in [0.25, 0.3) is 43.6 Å². The van der Waals surface area contributed by atoms with Gasteiger partial charge in [0.25, 0.3) is 16.7 Å². The summed E-state index contributed by atoms with van der Waals surface area (Å²) in [5, 5.41) is 14.2. The number of nitrogens with one attached hydrogen (secondary N) is 1. The van der Waals surface area contributed by atoms with Crippen molar-refractivity contribution in [2.45, 2.75) is 47.3 Å². The zero-order valence-electron chi connectivity index (χ0n) is 24.9. The van der Waals surface area contributed by atoms with E-state index in [1.165, 1.54) is 10.6 Å². The van der Waals surface area contributed by atoms with Gasteiger partial charge >= 0.3 is 0 Å². The summed E-state index contributed by atoms with van der Waals surface area (Å²) in [5.41, 5.74) is 5.42. The van der Waals surface area contributed by atoms with Gasteiger partial charge in [-0.15, -0.1) is 0 Å². The molecule has 1 aliphatic rings. The quantitative estimate of drug-likeness (QED) is 0.298. The number of hydrogen-bond donors (Lipinski definition) is 2. The van der Waals surface area contributed by atoms with E-state index >= 15 is 0 Å². The number of aromatic hydroxyl groups is 1. The molecule has 10 heteroatoms. The molecule has 0 fully saturated rings. The van der Waals surface area contributed by atoms with Gasteiger partial charge in [0.2, 0.25) is 5.56 Å². The number of benzene rings is 2. The standard InChI is InChI=1S/C17H16N2O3.C16H16N2O3/c1-4-10-6-13(20)18(3)15-12(10)7-11-9(2)5-14(21)19-8-22-17(15)16(11)19;1-4-9-6-13(20)18(3)15-11(9)7-10-8(2)5-12(19)17-14(10)16(15)21/h5-7H,4,8H2,1-3H3;5-7,21H,4H2,1-3H3,(H,17,19). The Morgan fingerprint density at radius 2 is 1.28 bits per heavy atom. The fourth-order valence-corrected chi connectivity index (χ4v) is 6.20.